The normalized spacial score (nSPS) is 14.4. The van der Waals surface area contributed by atoms with Gasteiger partial charge in [0.05, 0.1) is 18.4 Å². The number of anilines is 1. The molecule has 0 fully saturated rings. The van der Waals surface area contributed by atoms with Crippen LogP contribution in [-0.2, 0) is 19.5 Å². The van der Waals surface area contributed by atoms with E-state index in [1.165, 1.54) is 0 Å². The summed E-state index contributed by atoms with van der Waals surface area (Å²) in [7, 11) is 0. The number of hydrogen-bond acceptors (Lipinski definition) is 4. The van der Waals surface area contributed by atoms with Crippen molar-refractivity contribution in [3.05, 3.63) is 42.1 Å². The molecule has 0 saturated heterocycles. The number of amides is 2. The van der Waals surface area contributed by atoms with Crippen LogP contribution in [0.15, 0.2) is 30.6 Å². The Labute approximate surface area is 122 Å². The van der Waals surface area contributed by atoms with Crippen LogP contribution in [0.3, 0.4) is 0 Å². The van der Waals surface area contributed by atoms with Gasteiger partial charge in [-0.1, -0.05) is 6.07 Å². The number of hydrogen-bond donors (Lipinski definition) is 2. The first-order valence-electron chi connectivity index (χ1n) is 6.96. The van der Waals surface area contributed by atoms with Crippen molar-refractivity contribution in [1.82, 2.24) is 19.4 Å². The summed E-state index contributed by atoms with van der Waals surface area (Å²) in [5, 5.41) is 3.27. The highest BCUT2D eigenvalue weighted by Crippen LogP contribution is 2.13. The lowest BCUT2D eigenvalue weighted by molar-refractivity contribution is 0.208. The highest BCUT2D eigenvalue weighted by Gasteiger charge is 2.18. The molecule has 110 valence electrons. The van der Waals surface area contributed by atoms with Gasteiger partial charge in [0.1, 0.15) is 11.6 Å². The van der Waals surface area contributed by atoms with Crippen LogP contribution in [0.2, 0.25) is 0 Å². The zero-order valence-electron chi connectivity index (χ0n) is 11.7. The quantitative estimate of drug-likeness (QED) is 0.874. The standard InChI is InChI=1S/C14H18N6O/c15-14(21)19-6-4-13-18-10-11(20(13)8-7-19)9-17-12-3-1-2-5-16-12/h1-3,5,10H,4,6-9H2,(H2,15,21)(H,16,17). The van der Waals surface area contributed by atoms with E-state index in [-0.39, 0.29) is 6.03 Å². The van der Waals surface area contributed by atoms with Crippen molar-refractivity contribution in [2.24, 2.45) is 5.73 Å². The maximum atomic E-state index is 11.3. The van der Waals surface area contributed by atoms with Gasteiger partial charge in [0.2, 0.25) is 0 Å². The monoisotopic (exact) mass is 286 g/mol. The molecule has 21 heavy (non-hydrogen) atoms. The highest BCUT2D eigenvalue weighted by atomic mass is 16.2. The molecular weight excluding hydrogens is 268 g/mol. The maximum absolute atomic E-state index is 11.3. The van der Waals surface area contributed by atoms with Crippen molar-refractivity contribution in [1.29, 1.82) is 0 Å². The summed E-state index contributed by atoms with van der Waals surface area (Å²) in [5.41, 5.74) is 6.43. The van der Waals surface area contributed by atoms with Crippen LogP contribution in [0.5, 0.6) is 0 Å². The van der Waals surface area contributed by atoms with Gasteiger partial charge < -0.3 is 20.5 Å². The van der Waals surface area contributed by atoms with E-state index in [4.69, 9.17) is 5.73 Å². The second-order valence-corrected chi connectivity index (χ2v) is 4.96. The summed E-state index contributed by atoms with van der Waals surface area (Å²) in [6.07, 6.45) is 4.36. The predicted molar refractivity (Wildman–Crippen MR) is 78.7 cm³/mol. The molecule has 2 aromatic heterocycles. The van der Waals surface area contributed by atoms with E-state index in [9.17, 15) is 4.79 Å². The van der Waals surface area contributed by atoms with E-state index in [0.29, 0.717) is 19.6 Å². The Hall–Kier alpha value is -2.57. The van der Waals surface area contributed by atoms with Crippen LogP contribution in [0, 0.1) is 0 Å². The number of rotatable bonds is 3. The van der Waals surface area contributed by atoms with Crippen LogP contribution in [0.4, 0.5) is 10.6 Å². The lowest BCUT2D eigenvalue weighted by Crippen LogP contribution is -2.37. The Morgan fingerprint density at radius 1 is 1.29 bits per heavy atom. The van der Waals surface area contributed by atoms with E-state index < -0.39 is 0 Å². The molecule has 1 aliphatic rings. The summed E-state index contributed by atoms with van der Waals surface area (Å²) in [6, 6.07) is 5.38. The molecule has 0 unspecified atom stereocenters. The molecular formula is C14H18N6O. The molecule has 3 N–H and O–H groups in total. The number of pyridine rings is 1. The number of imidazole rings is 1. The molecule has 3 heterocycles. The van der Waals surface area contributed by atoms with Gasteiger partial charge in [-0.25, -0.2) is 14.8 Å². The number of carbonyl (C=O) groups is 1. The minimum Gasteiger partial charge on any atom is -0.364 e. The topological polar surface area (TPSA) is 89.1 Å². The molecule has 2 amide bonds. The second kappa shape index (κ2) is 5.82. The summed E-state index contributed by atoms with van der Waals surface area (Å²) in [4.78, 5) is 21.6. The van der Waals surface area contributed by atoms with Gasteiger partial charge in [-0.15, -0.1) is 0 Å². The molecule has 0 atom stereocenters. The molecule has 2 aromatic rings. The lowest BCUT2D eigenvalue weighted by Gasteiger charge is -2.17. The van der Waals surface area contributed by atoms with Crippen molar-refractivity contribution in [2.45, 2.75) is 19.5 Å². The largest absolute Gasteiger partial charge is 0.364 e. The van der Waals surface area contributed by atoms with Crippen molar-refractivity contribution < 1.29 is 4.79 Å². The molecule has 0 radical (unpaired) electrons. The van der Waals surface area contributed by atoms with Gasteiger partial charge in [0.25, 0.3) is 0 Å². The van der Waals surface area contributed by atoms with Gasteiger partial charge in [-0.05, 0) is 12.1 Å². The Morgan fingerprint density at radius 3 is 2.95 bits per heavy atom. The average molecular weight is 286 g/mol. The average Bonchev–Trinajstić information content (AvgIpc) is 2.75. The van der Waals surface area contributed by atoms with E-state index in [1.807, 2.05) is 24.4 Å². The van der Waals surface area contributed by atoms with Gasteiger partial charge in [0, 0.05) is 32.3 Å². The zero-order chi connectivity index (χ0) is 14.7. The van der Waals surface area contributed by atoms with Crippen molar-refractivity contribution in [2.75, 3.05) is 18.4 Å². The van der Waals surface area contributed by atoms with Crippen LogP contribution in [0.1, 0.15) is 11.5 Å². The highest BCUT2D eigenvalue weighted by molar-refractivity contribution is 5.72. The van der Waals surface area contributed by atoms with E-state index in [1.54, 1.807) is 11.1 Å². The number of nitrogens with two attached hydrogens (primary N) is 1. The molecule has 0 spiro atoms. The number of primary amides is 1. The molecule has 0 saturated carbocycles. The van der Waals surface area contributed by atoms with Crippen molar-refractivity contribution >= 4 is 11.8 Å². The number of aromatic nitrogens is 3. The molecule has 0 aromatic carbocycles. The minimum atomic E-state index is -0.367. The maximum Gasteiger partial charge on any atom is 0.314 e. The molecule has 0 aliphatic carbocycles. The Kier molecular flexibility index (Phi) is 3.72. The van der Waals surface area contributed by atoms with Gasteiger partial charge >= 0.3 is 6.03 Å². The Balaban J connectivity index is 1.69. The fraction of sp³-hybridized carbons (Fsp3) is 0.357. The van der Waals surface area contributed by atoms with Gasteiger partial charge in [-0.3, -0.25) is 0 Å². The molecule has 7 nitrogen and oxygen atoms in total. The summed E-state index contributed by atoms with van der Waals surface area (Å²) < 4.78 is 2.15. The summed E-state index contributed by atoms with van der Waals surface area (Å²) in [5.74, 6) is 1.83. The summed E-state index contributed by atoms with van der Waals surface area (Å²) in [6.45, 7) is 2.62. The first kappa shape index (κ1) is 13.4. The first-order valence-corrected chi connectivity index (χ1v) is 6.96. The molecule has 7 heteroatoms. The molecule has 1 aliphatic heterocycles. The van der Waals surface area contributed by atoms with E-state index >= 15 is 0 Å². The number of fused-ring (bicyclic) bond motifs is 1. The van der Waals surface area contributed by atoms with Gasteiger partial charge in [-0.2, -0.15) is 0 Å². The van der Waals surface area contributed by atoms with Gasteiger partial charge in [0.15, 0.2) is 0 Å². The number of urea groups is 1. The Morgan fingerprint density at radius 2 is 2.19 bits per heavy atom. The third-order valence-electron chi connectivity index (χ3n) is 3.65. The van der Waals surface area contributed by atoms with Crippen LogP contribution >= 0.6 is 0 Å². The number of nitrogens with one attached hydrogen (secondary N) is 1. The SMILES string of the molecule is NC(=O)N1CCc2ncc(CNc3ccccn3)n2CC1. The molecule has 0 bridgehead atoms. The minimum absolute atomic E-state index is 0.367. The number of nitrogens with zero attached hydrogens (tertiary/aromatic N) is 4. The van der Waals surface area contributed by atoms with Crippen molar-refractivity contribution in [3.8, 4) is 0 Å². The predicted octanol–water partition coefficient (Wildman–Crippen LogP) is 0.827. The summed E-state index contributed by atoms with van der Waals surface area (Å²) >= 11 is 0. The van der Waals surface area contributed by atoms with Crippen LogP contribution in [-0.4, -0.2) is 38.6 Å². The molecule has 3 rings (SSSR count). The fourth-order valence-corrected chi connectivity index (χ4v) is 2.50. The van der Waals surface area contributed by atoms with Crippen molar-refractivity contribution in [3.63, 3.8) is 0 Å². The van der Waals surface area contributed by atoms with E-state index in [2.05, 4.69) is 19.9 Å². The third kappa shape index (κ3) is 2.96. The Bertz CT molecular complexity index is 624. The smallest absolute Gasteiger partial charge is 0.314 e. The number of carbonyl (C=O) groups excluding carboxylic acids is 1. The second-order valence-electron chi connectivity index (χ2n) is 4.96. The van der Waals surface area contributed by atoms with Crippen LogP contribution in [0.25, 0.3) is 0 Å². The van der Waals surface area contributed by atoms with E-state index in [0.717, 1.165) is 30.3 Å². The van der Waals surface area contributed by atoms with Crippen LogP contribution < -0.4 is 11.1 Å². The first-order chi connectivity index (χ1) is 10.2. The fourth-order valence-electron chi connectivity index (χ4n) is 2.50. The third-order valence-corrected chi connectivity index (χ3v) is 3.65. The lowest BCUT2D eigenvalue weighted by atomic mass is 10.4. The zero-order valence-corrected chi connectivity index (χ0v) is 11.7.